The summed E-state index contributed by atoms with van der Waals surface area (Å²) < 4.78 is 0. The Morgan fingerprint density at radius 1 is 1.19 bits per heavy atom. The Morgan fingerprint density at radius 2 is 1.75 bits per heavy atom. The third kappa shape index (κ3) is 4.01. The normalized spacial score (nSPS) is 12.6. The molecule has 0 saturated carbocycles. The number of benzene rings is 1. The van der Waals surface area contributed by atoms with Gasteiger partial charge < -0.3 is 0 Å². The first-order valence-electron chi connectivity index (χ1n) is 5.65. The van der Waals surface area contributed by atoms with E-state index in [2.05, 4.69) is 6.08 Å². The minimum absolute atomic E-state index is 0.244. The summed E-state index contributed by atoms with van der Waals surface area (Å²) in [7, 11) is 0. The molecular formula is C15H20O. The van der Waals surface area contributed by atoms with Crippen LogP contribution >= 0.6 is 0 Å². The zero-order valence-corrected chi connectivity index (χ0v) is 10.6. The number of ketones is 1. The van der Waals surface area contributed by atoms with Gasteiger partial charge in [0.1, 0.15) is 5.78 Å². The molecule has 1 nitrogen and oxygen atoms in total. The molecule has 16 heavy (non-hydrogen) atoms. The molecule has 0 aliphatic rings. The quantitative estimate of drug-likeness (QED) is 0.743. The Balaban J connectivity index is 2.70. The first kappa shape index (κ1) is 12.7. The van der Waals surface area contributed by atoms with Crippen molar-refractivity contribution in [2.45, 2.75) is 34.1 Å². The fourth-order valence-electron chi connectivity index (χ4n) is 1.40. The van der Waals surface area contributed by atoms with Crippen LogP contribution in [0.3, 0.4) is 0 Å². The molecule has 0 spiro atoms. The lowest BCUT2D eigenvalue weighted by Crippen LogP contribution is -2.19. The average Bonchev–Trinajstić information content (AvgIpc) is 2.17. The topological polar surface area (TPSA) is 17.1 Å². The number of hydrogen-bond donors (Lipinski definition) is 0. The number of allylic oxidation sites excluding steroid dienone is 1. The van der Waals surface area contributed by atoms with Crippen LogP contribution in [0.4, 0.5) is 0 Å². The van der Waals surface area contributed by atoms with Crippen LogP contribution in [0.25, 0.3) is 6.08 Å². The molecule has 0 unspecified atom stereocenters. The molecule has 86 valence electrons. The van der Waals surface area contributed by atoms with Crippen molar-refractivity contribution in [1.29, 1.82) is 0 Å². The molecule has 1 rings (SSSR count). The van der Waals surface area contributed by atoms with E-state index in [0.717, 1.165) is 11.1 Å². The van der Waals surface area contributed by atoms with Crippen LogP contribution in [-0.2, 0) is 4.79 Å². The Labute approximate surface area is 98.2 Å². The second-order valence-corrected chi connectivity index (χ2v) is 5.25. The minimum atomic E-state index is -0.244. The van der Waals surface area contributed by atoms with Crippen LogP contribution < -0.4 is 0 Å². The lowest BCUT2D eigenvalue weighted by Gasteiger charge is -2.16. The number of carbonyl (C=O) groups is 1. The standard InChI is InChI=1S/C15H20O/c1-12(11-14(16)15(2,3)4)10-13-8-6-5-7-9-13/h5-10H,11H2,1-4H3/b12-10+. The van der Waals surface area contributed by atoms with Gasteiger partial charge in [-0.15, -0.1) is 0 Å². The maximum absolute atomic E-state index is 11.8. The number of hydrogen-bond acceptors (Lipinski definition) is 1. The van der Waals surface area contributed by atoms with Crippen LogP contribution in [0.1, 0.15) is 39.7 Å². The molecule has 0 heterocycles. The van der Waals surface area contributed by atoms with Crippen molar-refractivity contribution in [2.75, 3.05) is 0 Å². The number of carbonyl (C=O) groups excluding carboxylic acids is 1. The van der Waals surface area contributed by atoms with Crippen molar-refractivity contribution in [2.24, 2.45) is 5.41 Å². The first-order chi connectivity index (χ1) is 7.39. The van der Waals surface area contributed by atoms with Gasteiger partial charge in [-0.25, -0.2) is 0 Å². The highest BCUT2D eigenvalue weighted by Gasteiger charge is 2.20. The first-order valence-corrected chi connectivity index (χ1v) is 5.65. The van der Waals surface area contributed by atoms with E-state index in [1.165, 1.54) is 0 Å². The van der Waals surface area contributed by atoms with Gasteiger partial charge in [-0.1, -0.05) is 62.8 Å². The SMILES string of the molecule is C/C(=C\c1ccccc1)CC(=O)C(C)(C)C. The molecule has 0 atom stereocenters. The summed E-state index contributed by atoms with van der Waals surface area (Å²) in [5, 5.41) is 0. The highest BCUT2D eigenvalue weighted by molar-refractivity contribution is 5.86. The number of rotatable bonds is 3. The highest BCUT2D eigenvalue weighted by Crippen LogP contribution is 2.20. The molecule has 0 aliphatic heterocycles. The van der Waals surface area contributed by atoms with E-state index >= 15 is 0 Å². The largest absolute Gasteiger partial charge is 0.299 e. The van der Waals surface area contributed by atoms with Crippen molar-refractivity contribution in [3.8, 4) is 0 Å². The predicted molar refractivity (Wildman–Crippen MR) is 69.2 cm³/mol. The van der Waals surface area contributed by atoms with Crippen molar-refractivity contribution in [3.63, 3.8) is 0 Å². The minimum Gasteiger partial charge on any atom is -0.299 e. The summed E-state index contributed by atoms with van der Waals surface area (Å²) in [5.74, 6) is 0.289. The van der Waals surface area contributed by atoms with Gasteiger partial charge in [-0.05, 0) is 12.5 Å². The summed E-state index contributed by atoms with van der Waals surface area (Å²) in [6.07, 6.45) is 2.61. The van der Waals surface area contributed by atoms with E-state index < -0.39 is 0 Å². The predicted octanol–water partition coefficient (Wildman–Crippen LogP) is 4.10. The van der Waals surface area contributed by atoms with Gasteiger partial charge in [0.15, 0.2) is 0 Å². The summed E-state index contributed by atoms with van der Waals surface area (Å²) in [6.45, 7) is 7.90. The van der Waals surface area contributed by atoms with Crippen LogP contribution in [-0.4, -0.2) is 5.78 Å². The van der Waals surface area contributed by atoms with Gasteiger partial charge in [0, 0.05) is 11.8 Å². The molecule has 0 saturated heterocycles. The van der Waals surface area contributed by atoms with E-state index in [1.807, 2.05) is 58.0 Å². The molecule has 0 aromatic heterocycles. The molecule has 1 aromatic rings. The zero-order valence-electron chi connectivity index (χ0n) is 10.6. The average molecular weight is 216 g/mol. The van der Waals surface area contributed by atoms with E-state index in [0.29, 0.717) is 6.42 Å². The van der Waals surface area contributed by atoms with Crippen LogP contribution in [0.5, 0.6) is 0 Å². The maximum Gasteiger partial charge on any atom is 0.142 e. The van der Waals surface area contributed by atoms with Gasteiger partial charge in [-0.2, -0.15) is 0 Å². The van der Waals surface area contributed by atoms with E-state index in [4.69, 9.17) is 0 Å². The zero-order chi connectivity index (χ0) is 12.2. The second kappa shape index (κ2) is 5.11. The van der Waals surface area contributed by atoms with Gasteiger partial charge in [-0.3, -0.25) is 4.79 Å². The molecule has 0 aliphatic carbocycles. The van der Waals surface area contributed by atoms with Gasteiger partial charge in [0.25, 0.3) is 0 Å². The van der Waals surface area contributed by atoms with Crippen molar-refractivity contribution in [3.05, 3.63) is 41.5 Å². The molecule has 0 amide bonds. The van der Waals surface area contributed by atoms with Gasteiger partial charge in [0.05, 0.1) is 0 Å². The van der Waals surface area contributed by atoms with Crippen molar-refractivity contribution < 1.29 is 4.79 Å². The smallest absolute Gasteiger partial charge is 0.142 e. The monoisotopic (exact) mass is 216 g/mol. The van der Waals surface area contributed by atoms with E-state index in [-0.39, 0.29) is 11.2 Å². The summed E-state index contributed by atoms with van der Waals surface area (Å²) in [5.41, 5.74) is 2.03. The summed E-state index contributed by atoms with van der Waals surface area (Å²) >= 11 is 0. The Morgan fingerprint density at radius 3 is 2.25 bits per heavy atom. The molecule has 0 N–H and O–H groups in total. The molecule has 0 radical (unpaired) electrons. The van der Waals surface area contributed by atoms with E-state index in [1.54, 1.807) is 0 Å². The van der Waals surface area contributed by atoms with Crippen molar-refractivity contribution >= 4 is 11.9 Å². The molecule has 0 bridgehead atoms. The summed E-state index contributed by atoms with van der Waals surface area (Å²) in [4.78, 5) is 11.8. The Hall–Kier alpha value is -1.37. The maximum atomic E-state index is 11.8. The van der Waals surface area contributed by atoms with Gasteiger partial charge >= 0.3 is 0 Å². The number of Topliss-reactive ketones (excluding diaryl/α,β-unsaturated/α-hetero) is 1. The third-order valence-corrected chi connectivity index (χ3v) is 2.49. The lowest BCUT2D eigenvalue weighted by atomic mass is 9.87. The van der Waals surface area contributed by atoms with Crippen LogP contribution in [0.15, 0.2) is 35.9 Å². The van der Waals surface area contributed by atoms with Crippen LogP contribution in [0.2, 0.25) is 0 Å². The Kier molecular flexibility index (Phi) is 4.05. The molecule has 1 aromatic carbocycles. The Bertz CT molecular complexity index is 380. The van der Waals surface area contributed by atoms with E-state index in [9.17, 15) is 4.79 Å². The lowest BCUT2D eigenvalue weighted by molar-refractivity contribution is -0.125. The molecular weight excluding hydrogens is 196 g/mol. The fraction of sp³-hybridized carbons (Fsp3) is 0.400. The third-order valence-electron chi connectivity index (χ3n) is 2.49. The van der Waals surface area contributed by atoms with Crippen LogP contribution in [0, 0.1) is 5.41 Å². The fourth-order valence-corrected chi connectivity index (χ4v) is 1.40. The highest BCUT2D eigenvalue weighted by atomic mass is 16.1. The van der Waals surface area contributed by atoms with Crippen molar-refractivity contribution in [1.82, 2.24) is 0 Å². The summed E-state index contributed by atoms with van der Waals surface area (Å²) in [6, 6.07) is 10.1. The van der Waals surface area contributed by atoms with Gasteiger partial charge in [0.2, 0.25) is 0 Å². The molecule has 0 fully saturated rings. The second-order valence-electron chi connectivity index (χ2n) is 5.25. The molecule has 1 heteroatoms.